The SMILES string of the molecule is CC#CCCC1(O)CCCN(C)CC1. The van der Waals surface area contributed by atoms with E-state index in [2.05, 4.69) is 23.8 Å². The predicted molar refractivity (Wildman–Crippen MR) is 59.0 cm³/mol. The Morgan fingerprint density at radius 3 is 2.86 bits per heavy atom. The predicted octanol–water partition coefficient (Wildman–Crippen LogP) is 1.64. The van der Waals surface area contributed by atoms with Crippen LogP contribution in [0.2, 0.25) is 0 Å². The Morgan fingerprint density at radius 1 is 1.36 bits per heavy atom. The second-order valence-electron chi connectivity index (χ2n) is 4.31. The average molecular weight is 195 g/mol. The van der Waals surface area contributed by atoms with E-state index in [4.69, 9.17) is 0 Å². The first-order valence-corrected chi connectivity index (χ1v) is 5.47. The van der Waals surface area contributed by atoms with Crippen molar-refractivity contribution in [1.29, 1.82) is 0 Å². The molecule has 1 N–H and O–H groups in total. The zero-order valence-corrected chi connectivity index (χ0v) is 9.34. The Balaban J connectivity index is 2.40. The van der Waals surface area contributed by atoms with E-state index in [0.29, 0.717) is 0 Å². The molecule has 2 heteroatoms. The monoisotopic (exact) mass is 195 g/mol. The van der Waals surface area contributed by atoms with Gasteiger partial charge in [-0.3, -0.25) is 0 Å². The normalized spacial score (nSPS) is 29.1. The van der Waals surface area contributed by atoms with Gasteiger partial charge < -0.3 is 10.0 Å². The van der Waals surface area contributed by atoms with Crippen LogP contribution in [-0.2, 0) is 0 Å². The molecule has 1 fully saturated rings. The highest BCUT2D eigenvalue weighted by Gasteiger charge is 2.28. The average Bonchev–Trinajstić information content (AvgIpc) is 2.30. The molecule has 1 aliphatic rings. The minimum atomic E-state index is -0.450. The van der Waals surface area contributed by atoms with E-state index >= 15 is 0 Å². The van der Waals surface area contributed by atoms with Crippen molar-refractivity contribution in [2.24, 2.45) is 0 Å². The molecule has 1 unspecified atom stereocenters. The first-order chi connectivity index (χ1) is 6.66. The molecule has 0 amide bonds. The van der Waals surface area contributed by atoms with Crippen molar-refractivity contribution in [3.63, 3.8) is 0 Å². The van der Waals surface area contributed by atoms with Crippen LogP contribution in [0.1, 0.15) is 39.0 Å². The molecule has 1 atom stereocenters. The zero-order valence-electron chi connectivity index (χ0n) is 9.34. The maximum Gasteiger partial charge on any atom is 0.0669 e. The molecule has 0 aromatic heterocycles. The number of hydrogen-bond acceptors (Lipinski definition) is 2. The summed E-state index contributed by atoms with van der Waals surface area (Å²) in [6.45, 7) is 3.97. The van der Waals surface area contributed by atoms with E-state index < -0.39 is 5.60 Å². The number of likely N-dealkylation sites (tertiary alicyclic amines) is 1. The molecule has 1 rings (SSSR count). The smallest absolute Gasteiger partial charge is 0.0669 e. The van der Waals surface area contributed by atoms with Crippen LogP contribution in [0.3, 0.4) is 0 Å². The third-order valence-electron chi connectivity index (χ3n) is 3.03. The molecule has 0 saturated carbocycles. The second-order valence-corrected chi connectivity index (χ2v) is 4.31. The molecule has 0 aromatic rings. The van der Waals surface area contributed by atoms with E-state index in [1.54, 1.807) is 0 Å². The Bertz CT molecular complexity index is 228. The van der Waals surface area contributed by atoms with E-state index in [0.717, 1.165) is 45.2 Å². The summed E-state index contributed by atoms with van der Waals surface area (Å²) in [5.74, 6) is 5.91. The van der Waals surface area contributed by atoms with Gasteiger partial charge in [-0.15, -0.1) is 11.8 Å². The molecule has 0 bridgehead atoms. The van der Waals surface area contributed by atoms with Gasteiger partial charge in [0.1, 0.15) is 0 Å². The lowest BCUT2D eigenvalue weighted by molar-refractivity contribution is 0.0189. The number of rotatable bonds is 2. The first-order valence-electron chi connectivity index (χ1n) is 5.47. The minimum absolute atomic E-state index is 0.450. The molecule has 80 valence electrons. The third-order valence-corrected chi connectivity index (χ3v) is 3.03. The van der Waals surface area contributed by atoms with Crippen molar-refractivity contribution < 1.29 is 5.11 Å². The minimum Gasteiger partial charge on any atom is -0.390 e. The summed E-state index contributed by atoms with van der Waals surface area (Å²) >= 11 is 0. The van der Waals surface area contributed by atoms with Gasteiger partial charge in [0.15, 0.2) is 0 Å². The van der Waals surface area contributed by atoms with E-state index in [1.165, 1.54) is 0 Å². The van der Waals surface area contributed by atoms with Crippen molar-refractivity contribution in [3.05, 3.63) is 0 Å². The number of aliphatic hydroxyl groups is 1. The lowest BCUT2D eigenvalue weighted by Crippen LogP contribution is -2.30. The van der Waals surface area contributed by atoms with Crippen LogP contribution in [0.25, 0.3) is 0 Å². The van der Waals surface area contributed by atoms with Crippen LogP contribution in [0, 0.1) is 11.8 Å². The lowest BCUT2D eigenvalue weighted by Gasteiger charge is -2.25. The van der Waals surface area contributed by atoms with Crippen molar-refractivity contribution in [2.75, 3.05) is 20.1 Å². The van der Waals surface area contributed by atoms with Crippen molar-refractivity contribution in [1.82, 2.24) is 4.90 Å². The summed E-state index contributed by atoms with van der Waals surface area (Å²) in [7, 11) is 2.12. The number of hydrogen-bond donors (Lipinski definition) is 1. The van der Waals surface area contributed by atoms with Gasteiger partial charge >= 0.3 is 0 Å². The zero-order chi connectivity index (χ0) is 10.4. The fourth-order valence-corrected chi connectivity index (χ4v) is 1.98. The summed E-state index contributed by atoms with van der Waals surface area (Å²) < 4.78 is 0. The molecule has 0 aliphatic carbocycles. The van der Waals surface area contributed by atoms with Gasteiger partial charge in [-0.1, -0.05) is 0 Å². The Hall–Kier alpha value is -0.520. The Kier molecular flexibility index (Phi) is 4.44. The Labute approximate surface area is 87.3 Å². The summed E-state index contributed by atoms with van der Waals surface area (Å²) in [5, 5.41) is 10.3. The lowest BCUT2D eigenvalue weighted by atomic mass is 9.90. The summed E-state index contributed by atoms with van der Waals surface area (Å²) in [6.07, 6.45) is 4.60. The quantitative estimate of drug-likeness (QED) is 0.677. The molecule has 2 nitrogen and oxygen atoms in total. The molecule has 1 aliphatic heterocycles. The van der Waals surface area contributed by atoms with E-state index in [9.17, 15) is 5.11 Å². The molecular weight excluding hydrogens is 174 g/mol. The van der Waals surface area contributed by atoms with Gasteiger partial charge in [0.05, 0.1) is 5.60 Å². The topological polar surface area (TPSA) is 23.5 Å². The maximum atomic E-state index is 10.3. The fraction of sp³-hybridized carbons (Fsp3) is 0.833. The number of nitrogens with zero attached hydrogens (tertiary/aromatic N) is 1. The highest BCUT2D eigenvalue weighted by molar-refractivity contribution is 4.97. The van der Waals surface area contributed by atoms with Gasteiger partial charge in [-0.25, -0.2) is 0 Å². The van der Waals surface area contributed by atoms with Crippen LogP contribution < -0.4 is 0 Å². The summed E-state index contributed by atoms with van der Waals surface area (Å²) in [5.41, 5.74) is -0.450. The largest absolute Gasteiger partial charge is 0.390 e. The van der Waals surface area contributed by atoms with Gasteiger partial charge in [-0.05, 0) is 46.2 Å². The highest BCUT2D eigenvalue weighted by Crippen LogP contribution is 2.26. The van der Waals surface area contributed by atoms with Gasteiger partial charge in [0.25, 0.3) is 0 Å². The van der Waals surface area contributed by atoms with Crippen molar-refractivity contribution in [2.45, 2.75) is 44.6 Å². The first kappa shape index (κ1) is 11.6. The van der Waals surface area contributed by atoms with Gasteiger partial charge in [-0.2, -0.15) is 0 Å². The van der Waals surface area contributed by atoms with E-state index in [-0.39, 0.29) is 0 Å². The summed E-state index contributed by atoms with van der Waals surface area (Å²) in [4.78, 5) is 2.30. The second kappa shape index (κ2) is 5.38. The van der Waals surface area contributed by atoms with Crippen LogP contribution >= 0.6 is 0 Å². The van der Waals surface area contributed by atoms with Gasteiger partial charge in [0, 0.05) is 13.0 Å². The molecule has 0 radical (unpaired) electrons. The molecule has 14 heavy (non-hydrogen) atoms. The van der Waals surface area contributed by atoms with Crippen LogP contribution in [0.15, 0.2) is 0 Å². The van der Waals surface area contributed by atoms with Gasteiger partial charge in [0.2, 0.25) is 0 Å². The van der Waals surface area contributed by atoms with Crippen LogP contribution in [0.4, 0.5) is 0 Å². The van der Waals surface area contributed by atoms with E-state index in [1.807, 2.05) is 6.92 Å². The maximum absolute atomic E-state index is 10.3. The Morgan fingerprint density at radius 2 is 2.14 bits per heavy atom. The third kappa shape index (κ3) is 3.69. The highest BCUT2D eigenvalue weighted by atomic mass is 16.3. The summed E-state index contributed by atoms with van der Waals surface area (Å²) in [6, 6.07) is 0. The van der Waals surface area contributed by atoms with Crippen LogP contribution in [0.5, 0.6) is 0 Å². The molecular formula is C12H21NO. The molecule has 1 saturated heterocycles. The van der Waals surface area contributed by atoms with Crippen LogP contribution in [-0.4, -0.2) is 35.7 Å². The standard InChI is InChI=1S/C12H21NO/c1-3-4-5-7-12(14)8-6-10-13(2)11-9-12/h14H,5-11H2,1-2H3. The fourth-order valence-electron chi connectivity index (χ4n) is 1.98. The molecule has 0 spiro atoms. The molecule has 1 heterocycles. The van der Waals surface area contributed by atoms with Crippen molar-refractivity contribution >= 4 is 0 Å². The molecule has 0 aromatic carbocycles. The van der Waals surface area contributed by atoms with Crippen molar-refractivity contribution in [3.8, 4) is 11.8 Å².